The number of furan rings is 1. The van der Waals surface area contributed by atoms with Crippen LogP contribution in [0.3, 0.4) is 0 Å². The minimum absolute atomic E-state index is 0.0500. The first-order valence-corrected chi connectivity index (χ1v) is 10.4. The van der Waals surface area contributed by atoms with Crippen LogP contribution < -0.4 is 0 Å². The van der Waals surface area contributed by atoms with Crippen molar-refractivity contribution in [3.63, 3.8) is 0 Å². The summed E-state index contributed by atoms with van der Waals surface area (Å²) in [4.78, 5) is 30.0. The quantitative estimate of drug-likeness (QED) is 0.751. The average molecular weight is 461 g/mol. The van der Waals surface area contributed by atoms with Crippen LogP contribution in [0.5, 0.6) is 0 Å². The van der Waals surface area contributed by atoms with Crippen LogP contribution in [0, 0.1) is 0 Å². The fraction of sp³-hybridized carbons (Fsp3) is 0.526. The zero-order valence-electron chi connectivity index (χ0n) is 16.5. The molecule has 0 bridgehead atoms. The van der Waals surface area contributed by atoms with Crippen molar-refractivity contribution in [1.82, 2.24) is 14.8 Å². The number of carboxylic acid groups (broad SMARTS) is 1. The van der Waals surface area contributed by atoms with Crippen LogP contribution in [-0.4, -0.2) is 76.3 Å². The number of thiazole rings is 1. The molecule has 1 spiro atoms. The Morgan fingerprint density at radius 1 is 1.26 bits per heavy atom. The van der Waals surface area contributed by atoms with Gasteiger partial charge in [0.1, 0.15) is 11.3 Å². The molecule has 8 nitrogen and oxygen atoms in total. The molecular formula is C19H22F3N3O5S. The second kappa shape index (κ2) is 9.79. The topological polar surface area (TPSA) is 96.1 Å². The highest BCUT2D eigenvalue weighted by Crippen LogP contribution is 2.31. The molecule has 0 radical (unpaired) electrons. The summed E-state index contributed by atoms with van der Waals surface area (Å²) < 4.78 is 42.9. The number of aliphatic carboxylic acids is 1. The van der Waals surface area contributed by atoms with Crippen LogP contribution in [0.1, 0.15) is 28.2 Å². The number of ether oxygens (including phenoxy) is 1. The van der Waals surface area contributed by atoms with Gasteiger partial charge in [0.25, 0.3) is 5.91 Å². The number of carboxylic acids is 1. The van der Waals surface area contributed by atoms with Crippen LogP contribution in [-0.2, 0) is 16.1 Å². The fourth-order valence-corrected chi connectivity index (χ4v) is 4.23. The Hall–Kier alpha value is -2.44. The van der Waals surface area contributed by atoms with Gasteiger partial charge < -0.3 is 19.2 Å². The van der Waals surface area contributed by atoms with Crippen molar-refractivity contribution < 1.29 is 37.0 Å². The summed E-state index contributed by atoms with van der Waals surface area (Å²) in [6.45, 7) is 4.96. The Labute approximate surface area is 180 Å². The van der Waals surface area contributed by atoms with Crippen molar-refractivity contribution in [1.29, 1.82) is 0 Å². The lowest BCUT2D eigenvalue weighted by Crippen LogP contribution is -2.57. The van der Waals surface area contributed by atoms with E-state index in [1.165, 1.54) is 6.26 Å². The molecule has 1 amide bonds. The van der Waals surface area contributed by atoms with Gasteiger partial charge >= 0.3 is 12.1 Å². The van der Waals surface area contributed by atoms with E-state index in [0.717, 1.165) is 57.2 Å². The maximum Gasteiger partial charge on any atom is 0.490 e. The number of likely N-dealkylation sites (tertiary alicyclic amines) is 1. The number of carbonyl (C=O) groups excluding carboxylic acids is 1. The number of nitrogens with zero attached hydrogens (tertiary/aromatic N) is 3. The molecule has 0 atom stereocenters. The van der Waals surface area contributed by atoms with Crippen LogP contribution in [0.4, 0.5) is 13.2 Å². The average Bonchev–Trinajstić information content (AvgIpc) is 3.42. The largest absolute Gasteiger partial charge is 0.490 e. The molecule has 2 aliphatic rings. The third kappa shape index (κ3) is 6.28. The smallest absolute Gasteiger partial charge is 0.475 e. The molecule has 2 aromatic heterocycles. The monoisotopic (exact) mass is 461 g/mol. The van der Waals surface area contributed by atoms with Crippen LogP contribution in [0.15, 0.2) is 34.6 Å². The summed E-state index contributed by atoms with van der Waals surface area (Å²) in [6.07, 6.45) is 1.59. The third-order valence-electron chi connectivity index (χ3n) is 5.14. The van der Waals surface area contributed by atoms with Gasteiger partial charge in [-0.1, -0.05) is 0 Å². The van der Waals surface area contributed by atoms with Gasteiger partial charge in [-0.25, -0.2) is 9.78 Å². The molecule has 4 heterocycles. The lowest BCUT2D eigenvalue weighted by molar-refractivity contribution is -0.192. The highest BCUT2D eigenvalue weighted by atomic mass is 32.1. The van der Waals surface area contributed by atoms with Crippen LogP contribution >= 0.6 is 11.3 Å². The molecule has 0 saturated carbocycles. The first-order valence-electron chi connectivity index (χ1n) is 9.55. The molecule has 12 heteroatoms. The van der Waals surface area contributed by atoms with Crippen molar-refractivity contribution in [2.24, 2.45) is 0 Å². The van der Waals surface area contributed by atoms with E-state index in [4.69, 9.17) is 19.1 Å². The number of carbonyl (C=O) groups is 2. The zero-order valence-corrected chi connectivity index (χ0v) is 17.3. The lowest BCUT2D eigenvalue weighted by Gasteiger charge is -2.47. The molecule has 0 aliphatic carbocycles. The molecule has 2 aromatic rings. The number of hydrogen-bond acceptors (Lipinski definition) is 7. The van der Waals surface area contributed by atoms with E-state index in [-0.39, 0.29) is 11.5 Å². The van der Waals surface area contributed by atoms with Gasteiger partial charge in [-0.05, 0) is 18.9 Å². The van der Waals surface area contributed by atoms with E-state index in [1.807, 2.05) is 16.5 Å². The van der Waals surface area contributed by atoms with Gasteiger partial charge in [-0.3, -0.25) is 9.69 Å². The maximum atomic E-state index is 12.4. The van der Waals surface area contributed by atoms with Crippen molar-refractivity contribution in [2.75, 3.05) is 32.8 Å². The predicted molar refractivity (Wildman–Crippen MR) is 104 cm³/mol. The Bertz CT molecular complexity index is 850. The summed E-state index contributed by atoms with van der Waals surface area (Å²) in [5.41, 5.74) is 0.504. The summed E-state index contributed by atoms with van der Waals surface area (Å²) in [6, 6.07) is 1.72. The zero-order chi connectivity index (χ0) is 22.5. The molecule has 0 aromatic carbocycles. The molecule has 2 saturated heterocycles. The van der Waals surface area contributed by atoms with Crippen LogP contribution in [0.2, 0.25) is 0 Å². The molecule has 1 N–H and O–H groups in total. The molecule has 4 rings (SSSR count). The van der Waals surface area contributed by atoms with Gasteiger partial charge in [0.05, 0.1) is 30.6 Å². The number of halogens is 3. The first kappa shape index (κ1) is 23.2. The molecule has 2 aliphatic heterocycles. The van der Waals surface area contributed by atoms with E-state index in [0.29, 0.717) is 5.56 Å². The second-order valence-corrected chi connectivity index (χ2v) is 8.25. The standard InChI is InChI=1S/C17H21N3O3S.C2HF3O2/c21-16(14-1-8-22-12-14)20-5-2-17(3-6-20)13-19(7-9-23-17)11-15-18-4-10-24-15;3-2(4,5)1(6)7/h1,4,8,10,12H,2-3,5-7,9,11,13H2;(H,6,7). The number of piperidine rings is 1. The highest BCUT2D eigenvalue weighted by Gasteiger charge is 2.41. The first-order chi connectivity index (χ1) is 14.7. The molecule has 31 heavy (non-hydrogen) atoms. The minimum atomic E-state index is -5.08. The van der Waals surface area contributed by atoms with Crippen LogP contribution in [0.25, 0.3) is 0 Å². The number of amides is 1. The van der Waals surface area contributed by atoms with E-state index < -0.39 is 12.1 Å². The molecule has 2 fully saturated rings. The van der Waals surface area contributed by atoms with Gasteiger partial charge in [0.2, 0.25) is 0 Å². The van der Waals surface area contributed by atoms with E-state index >= 15 is 0 Å². The number of hydrogen-bond donors (Lipinski definition) is 1. The Morgan fingerprint density at radius 2 is 1.97 bits per heavy atom. The van der Waals surface area contributed by atoms with Gasteiger partial charge in [-0.2, -0.15) is 13.2 Å². The number of morpholine rings is 1. The maximum absolute atomic E-state index is 12.4. The lowest BCUT2D eigenvalue weighted by atomic mass is 9.89. The third-order valence-corrected chi connectivity index (χ3v) is 5.91. The predicted octanol–water partition coefficient (Wildman–Crippen LogP) is 2.88. The Morgan fingerprint density at radius 3 is 2.52 bits per heavy atom. The highest BCUT2D eigenvalue weighted by molar-refractivity contribution is 7.09. The Kier molecular flexibility index (Phi) is 7.34. The van der Waals surface area contributed by atoms with Crippen molar-refractivity contribution in [3.8, 4) is 0 Å². The van der Waals surface area contributed by atoms with Gasteiger partial charge in [0.15, 0.2) is 0 Å². The van der Waals surface area contributed by atoms with Crippen molar-refractivity contribution in [3.05, 3.63) is 40.7 Å². The second-order valence-electron chi connectivity index (χ2n) is 7.28. The fourth-order valence-electron chi connectivity index (χ4n) is 3.57. The van der Waals surface area contributed by atoms with Crippen molar-refractivity contribution in [2.45, 2.75) is 31.2 Å². The minimum Gasteiger partial charge on any atom is -0.475 e. The van der Waals surface area contributed by atoms with E-state index in [1.54, 1.807) is 23.7 Å². The summed E-state index contributed by atoms with van der Waals surface area (Å²) in [7, 11) is 0. The molecule has 0 unspecified atom stereocenters. The van der Waals surface area contributed by atoms with Gasteiger partial charge in [0, 0.05) is 37.8 Å². The van der Waals surface area contributed by atoms with Gasteiger partial charge in [-0.15, -0.1) is 11.3 Å². The number of aromatic nitrogens is 1. The summed E-state index contributed by atoms with van der Waals surface area (Å²) >= 11 is 1.70. The normalized spacial score (nSPS) is 19.0. The summed E-state index contributed by atoms with van der Waals surface area (Å²) in [5.74, 6) is -2.71. The van der Waals surface area contributed by atoms with E-state index in [2.05, 4.69) is 9.88 Å². The Balaban J connectivity index is 0.000000339. The van der Waals surface area contributed by atoms with Crippen molar-refractivity contribution >= 4 is 23.2 Å². The molecule has 170 valence electrons. The number of alkyl halides is 3. The van der Waals surface area contributed by atoms with E-state index in [9.17, 15) is 18.0 Å². The number of rotatable bonds is 3. The SMILES string of the molecule is O=C(O)C(F)(F)F.O=C(c1ccoc1)N1CCC2(CC1)CN(Cc1nccs1)CCO2. The molecular weight excluding hydrogens is 439 g/mol. The summed E-state index contributed by atoms with van der Waals surface area (Å²) in [5, 5.41) is 10.3.